The molecule has 0 unspecified atom stereocenters. The van der Waals surface area contributed by atoms with Crippen molar-refractivity contribution in [3.8, 4) is 22.5 Å². The minimum atomic E-state index is -3.59. The van der Waals surface area contributed by atoms with Gasteiger partial charge in [0.25, 0.3) is 0 Å². The summed E-state index contributed by atoms with van der Waals surface area (Å²) in [6, 6.07) is 2.55. The van der Waals surface area contributed by atoms with Crippen LogP contribution in [0.25, 0.3) is 22.5 Å². The molecule has 3 aromatic rings. The summed E-state index contributed by atoms with van der Waals surface area (Å²) in [7, 11) is -7.19. The molecule has 3 heterocycles. The third kappa shape index (κ3) is 4.57. The normalized spacial score (nSPS) is 11.9. The molecule has 0 fully saturated rings. The van der Waals surface area contributed by atoms with Gasteiger partial charge >= 0.3 is 5.97 Å². The average Bonchev–Trinajstić information content (AvgIpc) is 2.66. The summed E-state index contributed by atoms with van der Waals surface area (Å²) >= 11 is 0. The van der Waals surface area contributed by atoms with Gasteiger partial charge in [-0.05, 0) is 12.1 Å². The molecule has 0 atom stereocenters. The minimum Gasteiger partial charge on any atom is -0.478 e. The van der Waals surface area contributed by atoms with Crippen LogP contribution in [-0.4, -0.2) is 65.3 Å². The van der Waals surface area contributed by atoms with Crippen molar-refractivity contribution < 1.29 is 26.7 Å². The molecule has 0 bridgehead atoms. The molecule has 0 saturated heterocycles. The summed E-state index contributed by atoms with van der Waals surface area (Å²) in [6.45, 7) is 0. The van der Waals surface area contributed by atoms with E-state index in [1.54, 1.807) is 0 Å². The quantitative estimate of drug-likeness (QED) is 0.553. The predicted molar refractivity (Wildman–Crippen MR) is 99.5 cm³/mol. The number of nitrogens with zero attached hydrogens (tertiary/aromatic N) is 5. The van der Waals surface area contributed by atoms with Crippen molar-refractivity contribution in [2.45, 2.75) is 10.3 Å². The third-order valence-corrected chi connectivity index (χ3v) is 5.33. The second kappa shape index (κ2) is 7.25. The first kappa shape index (κ1) is 20.4. The van der Waals surface area contributed by atoms with Gasteiger partial charge in [-0.2, -0.15) is 0 Å². The zero-order chi connectivity index (χ0) is 21.4. The lowest BCUT2D eigenvalue weighted by Gasteiger charge is -2.07. The van der Waals surface area contributed by atoms with Crippen molar-refractivity contribution in [1.29, 1.82) is 0 Å². The first-order valence-electron chi connectivity index (χ1n) is 7.75. The van der Waals surface area contributed by atoms with E-state index in [4.69, 9.17) is 0 Å². The Morgan fingerprint density at radius 3 is 1.38 bits per heavy atom. The Kier molecular flexibility index (Phi) is 5.11. The lowest BCUT2D eigenvalue weighted by atomic mass is 10.1. The summed E-state index contributed by atoms with van der Waals surface area (Å²) in [5.41, 5.74) is 0.814. The summed E-state index contributed by atoms with van der Waals surface area (Å²) < 4.78 is 45.9. The number of hydrogen-bond acceptors (Lipinski definition) is 10. The second-order valence-electron chi connectivity index (χ2n) is 5.98. The van der Waals surface area contributed by atoms with Gasteiger partial charge in [-0.15, -0.1) is 0 Å². The van der Waals surface area contributed by atoms with E-state index in [2.05, 4.69) is 24.9 Å². The zero-order valence-electron chi connectivity index (χ0n) is 15.0. The Hall–Kier alpha value is -3.32. The number of carboxylic acids is 1. The largest absolute Gasteiger partial charge is 0.478 e. The van der Waals surface area contributed by atoms with Crippen LogP contribution in [0.2, 0.25) is 0 Å². The summed E-state index contributed by atoms with van der Waals surface area (Å²) in [6.07, 6.45) is 6.77. The number of carbonyl (C=O) groups is 1. The molecular formula is C16H13N5O6S2. The molecular weight excluding hydrogens is 422 g/mol. The van der Waals surface area contributed by atoms with Gasteiger partial charge in [0.1, 0.15) is 0 Å². The number of sulfone groups is 2. The zero-order valence-corrected chi connectivity index (χ0v) is 16.6. The van der Waals surface area contributed by atoms with Crippen LogP contribution in [0.3, 0.4) is 0 Å². The molecule has 0 aliphatic carbocycles. The molecule has 11 nitrogen and oxygen atoms in total. The van der Waals surface area contributed by atoms with Crippen LogP contribution in [0.1, 0.15) is 10.4 Å². The molecule has 0 radical (unpaired) electrons. The maximum Gasteiger partial charge on any atom is 0.335 e. The molecule has 3 rings (SSSR count). The van der Waals surface area contributed by atoms with E-state index in [0.29, 0.717) is 0 Å². The van der Waals surface area contributed by atoms with Crippen LogP contribution < -0.4 is 0 Å². The molecule has 0 saturated carbocycles. The van der Waals surface area contributed by atoms with E-state index in [1.165, 1.54) is 36.9 Å². The van der Waals surface area contributed by atoms with E-state index in [9.17, 15) is 26.7 Å². The van der Waals surface area contributed by atoms with Gasteiger partial charge in [0, 0.05) is 48.4 Å². The molecule has 29 heavy (non-hydrogen) atoms. The lowest BCUT2D eigenvalue weighted by molar-refractivity contribution is 0.0697. The number of rotatable bonds is 5. The van der Waals surface area contributed by atoms with Gasteiger partial charge in [-0.25, -0.2) is 46.6 Å². The smallest absolute Gasteiger partial charge is 0.335 e. The second-order valence-corrected chi connectivity index (χ2v) is 9.80. The highest BCUT2D eigenvalue weighted by atomic mass is 32.2. The van der Waals surface area contributed by atoms with Crippen molar-refractivity contribution in [1.82, 2.24) is 24.9 Å². The summed E-state index contributed by atoms with van der Waals surface area (Å²) in [4.78, 5) is 30.9. The van der Waals surface area contributed by atoms with E-state index in [0.717, 1.165) is 12.5 Å². The van der Waals surface area contributed by atoms with Gasteiger partial charge in [0.2, 0.25) is 30.0 Å². The summed E-state index contributed by atoms with van der Waals surface area (Å²) in [5.74, 6) is -1.22. The SMILES string of the molecule is CS(=O)(=O)c1ncc(-c2cc(C(=O)O)cc(-c3cnc(S(C)(=O)=O)nc3)n2)cn1. The van der Waals surface area contributed by atoms with Crippen LogP contribution in [0.15, 0.2) is 47.2 Å². The van der Waals surface area contributed by atoms with Gasteiger partial charge in [0.15, 0.2) is 0 Å². The number of pyridine rings is 1. The van der Waals surface area contributed by atoms with Crippen molar-refractivity contribution in [2.24, 2.45) is 0 Å². The molecule has 0 aromatic carbocycles. The van der Waals surface area contributed by atoms with Crippen molar-refractivity contribution >= 4 is 25.6 Å². The van der Waals surface area contributed by atoms with E-state index >= 15 is 0 Å². The molecule has 3 aromatic heterocycles. The molecule has 0 aliphatic rings. The Bertz CT molecular complexity index is 1210. The average molecular weight is 435 g/mol. The van der Waals surface area contributed by atoms with Crippen molar-refractivity contribution in [3.63, 3.8) is 0 Å². The first-order valence-corrected chi connectivity index (χ1v) is 11.5. The van der Waals surface area contributed by atoms with Crippen LogP contribution in [0.5, 0.6) is 0 Å². The predicted octanol–water partition coefficient (Wildman–Crippen LogP) is 0.501. The fraction of sp³-hybridized carbons (Fsp3) is 0.125. The number of carboxylic acid groups (broad SMARTS) is 1. The van der Waals surface area contributed by atoms with Gasteiger partial charge in [-0.1, -0.05) is 0 Å². The topological polar surface area (TPSA) is 170 Å². The molecule has 1 N–H and O–H groups in total. The number of aromatic carboxylic acids is 1. The molecule has 13 heteroatoms. The maximum absolute atomic E-state index is 11.5. The highest BCUT2D eigenvalue weighted by molar-refractivity contribution is 7.90. The van der Waals surface area contributed by atoms with Gasteiger partial charge in [0.05, 0.1) is 17.0 Å². The third-order valence-electron chi connectivity index (χ3n) is 3.58. The Morgan fingerprint density at radius 1 is 0.759 bits per heavy atom. The first-order chi connectivity index (χ1) is 13.4. The maximum atomic E-state index is 11.5. The van der Waals surface area contributed by atoms with E-state index in [1.807, 2.05) is 0 Å². The Labute approximate surface area is 165 Å². The van der Waals surface area contributed by atoms with Crippen molar-refractivity contribution in [2.75, 3.05) is 12.5 Å². The number of aromatic nitrogens is 5. The van der Waals surface area contributed by atoms with Crippen LogP contribution >= 0.6 is 0 Å². The lowest BCUT2D eigenvalue weighted by Crippen LogP contribution is -2.05. The molecule has 0 amide bonds. The van der Waals surface area contributed by atoms with Gasteiger partial charge in [-0.3, -0.25) is 0 Å². The highest BCUT2D eigenvalue weighted by Gasteiger charge is 2.16. The minimum absolute atomic E-state index is 0.107. The fourth-order valence-electron chi connectivity index (χ4n) is 2.23. The van der Waals surface area contributed by atoms with E-state index in [-0.39, 0.29) is 38.4 Å². The van der Waals surface area contributed by atoms with Crippen LogP contribution in [0, 0.1) is 0 Å². The van der Waals surface area contributed by atoms with E-state index < -0.39 is 25.6 Å². The number of hydrogen-bond donors (Lipinski definition) is 1. The fourth-order valence-corrected chi connectivity index (χ4v) is 3.21. The van der Waals surface area contributed by atoms with Crippen LogP contribution in [0.4, 0.5) is 0 Å². The van der Waals surface area contributed by atoms with Crippen molar-refractivity contribution in [3.05, 3.63) is 42.5 Å². The Balaban J connectivity index is 2.10. The van der Waals surface area contributed by atoms with Crippen LogP contribution in [-0.2, 0) is 19.7 Å². The summed E-state index contributed by atoms with van der Waals surface area (Å²) in [5, 5.41) is 8.63. The monoisotopic (exact) mass is 435 g/mol. The molecule has 0 spiro atoms. The Morgan fingerprint density at radius 2 is 1.10 bits per heavy atom. The van der Waals surface area contributed by atoms with Gasteiger partial charge < -0.3 is 5.11 Å². The standard InChI is InChI=1S/C16H13N5O6S2/c1-28(24,25)15-17-5-10(6-18-15)12-3-9(14(22)23)4-13(21-12)11-7-19-16(20-8-11)29(2,26)27/h3-8H,1-2H3,(H,22,23). The molecule has 0 aliphatic heterocycles. The molecule has 150 valence electrons. The highest BCUT2D eigenvalue weighted by Crippen LogP contribution is 2.24.